The predicted octanol–water partition coefficient (Wildman–Crippen LogP) is 3.25. The molecule has 0 radical (unpaired) electrons. The standard InChI is InChI=1S/C19H17N3O2/c1-24-16-8-6-7-15(13-16)14-20-21-19(23)17-9-2-3-10-18(17)22-11-4-5-12-22/h2-14H,1H3,(H,21,23)/b20-14-. The lowest BCUT2D eigenvalue weighted by atomic mass is 10.1. The van der Waals surface area contributed by atoms with Gasteiger partial charge in [0.1, 0.15) is 5.75 Å². The molecule has 3 aromatic rings. The molecule has 0 aliphatic rings. The van der Waals surface area contributed by atoms with Crippen LogP contribution in [0.4, 0.5) is 0 Å². The van der Waals surface area contributed by atoms with E-state index in [1.807, 2.05) is 71.6 Å². The molecular formula is C19H17N3O2. The van der Waals surface area contributed by atoms with Gasteiger partial charge in [-0.2, -0.15) is 5.10 Å². The summed E-state index contributed by atoms with van der Waals surface area (Å²) >= 11 is 0. The van der Waals surface area contributed by atoms with Gasteiger partial charge in [0, 0.05) is 12.4 Å². The van der Waals surface area contributed by atoms with Crippen LogP contribution in [0.1, 0.15) is 15.9 Å². The van der Waals surface area contributed by atoms with E-state index in [-0.39, 0.29) is 5.91 Å². The fraction of sp³-hybridized carbons (Fsp3) is 0.0526. The van der Waals surface area contributed by atoms with E-state index >= 15 is 0 Å². The first-order valence-corrected chi connectivity index (χ1v) is 7.48. The average molecular weight is 319 g/mol. The summed E-state index contributed by atoms with van der Waals surface area (Å²) in [5, 5.41) is 4.03. The summed E-state index contributed by atoms with van der Waals surface area (Å²) in [5.41, 5.74) is 4.76. The molecule has 2 aromatic carbocycles. The lowest BCUT2D eigenvalue weighted by Gasteiger charge is -2.09. The Kier molecular flexibility index (Phi) is 4.72. The van der Waals surface area contributed by atoms with Gasteiger partial charge in [-0.3, -0.25) is 4.79 Å². The van der Waals surface area contributed by atoms with Gasteiger partial charge in [-0.25, -0.2) is 5.43 Å². The Morgan fingerprint density at radius 3 is 2.67 bits per heavy atom. The van der Waals surface area contributed by atoms with Crippen LogP contribution in [0.2, 0.25) is 0 Å². The molecule has 0 spiro atoms. The monoisotopic (exact) mass is 319 g/mol. The van der Waals surface area contributed by atoms with Crippen molar-refractivity contribution >= 4 is 12.1 Å². The minimum Gasteiger partial charge on any atom is -0.497 e. The van der Waals surface area contributed by atoms with Gasteiger partial charge in [0.25, 0.3) is 5.91 Å². The third-order valence-corrected chi connectivity index (χ3v) is 3.50. The highest BCUT2D eigenvalue weighted by Crippen LogP contribution is 2.14. The first kappa shape index (κ1) is 15.6. The second-order valence-corrected chi connectivity index (χ2v) is 5.08. The Morgan fingerprint density at radius 2 is 1.88 bits per heavy atom. The van der Waals surface area contributed by atoms with Crippen LogP contribution in [-0.4, -0.2) is 23.8 Å². The zero-order valence-electron chi connectivity index (χ0n) is 13.2. The quantitative estimate of drug-likeness (QED) is 0.580. The van der Waals surface area contributed by atoms with Crippen molar-refractivity contribution in [2.24, 2.45) is 5.10 Å². The van der Waals surface area contributed by atoms with Crippen molar-refractivity contribution in [2.45, 2.75) is 0 Å². The minimum absolute atomic E-state index is 0.265. The van der Waals surface area contributed by atoms with E-state index in [0.717, 1.165) is 17.0 Å². The highest BCUT2D eigenvalue weighted by Gasteiger charge is 2.10. The van der Waals surface area contributed by atoms with E-state index in [1.165, 1.54) is 0 Å². The number of nitrogens with one attached hydrogen (secondary N) is 1. The molecule has 1 N–H and O–H groups in total. The smallest absolute Gasteiger partial charge is 0.273 e. The highest BCUT2D eigenvalue weighted by molar-refractivity contribution is 5.98. The van der Waals surface area contributed by atoms with E-state index < -0.39 is 0 Å². The van der Waals surface area contributed by atoms with Gasteiger partial charge < -0.3 is 9.30 Å². The Morgan fingerprint density at radius 1 is 1.08 bits per heavy atom. The fourth-order valence-electron chi connectivity index (χ4n) is 2.33. The van der Waals surface area contributed by atoms with Crippen molar-refractivity contribution in [3.05, 3.63) is 84.2 Å². The summed E-state index contributed by atoms with van der Waals surface area (Å²) in [6.45, 7) is 0. The van der Waals surface area contributed by atoms with Gasteiger partial charge in [-0.15, -0.1) is 0 Å². The molecule has 0 fully saturated rings. The molecule has 0 saturated carbocycles. The topological polar surface area (TPSA) is 55.6 Å². The summed E-state index contributed by atoms with van der Waals surface area (Å²) in [4.78, 5) is 12.4. The third kappa shape index (κ3) is 3.52. The largest absolute Gasteiger partial charge is 0.497 e. The molecular weight excluding hydrogens is 302 g/mol. The Labute approximate surface area is 140 Å². The van der Waals surface area contributed by atoms with Crippen LogP contribution >= 0.6 is 0 Å². The lowest BCUT2D eigenvalue weighted by Crippen LogP contribution is -2.19. The molecule has 5 heteroatoms. The molecule has 0 atom stereocenters. The van der Waals surface area contributed by atoms with Crippen LogP contribution in [0, 0.1) is 0 Å². The number of carbonyl (C=O) groups is 1. The van der Waals surface area contributed by atoms with E-state index in [4.69, 9.17) is 4.74 Å². The van der Waals surface area contributed by atoms with Crippen molar-refractivity contribution in [3.63, 3.8) is 0 Å². The van der Waals surface area contributed by atoms with Crippen LogP contribution in [0.25, 0.3) is 5.69 Å². The van der Waals surface area contributed by atoms with E-state index in [9.17, 15) is 4.79 Å². The van der Waals surface area contributed by atoms with E-state index in [1.54, 1.807) is 19.4 Å². The van der Waals surface area contributed by atoms with Gasteiger partial charge in [-0.05, 0) is 42.0 Å². The normalized spacial score (nSPS) is 10.7. The number of amides is 1. The predicted molar refractivity (Wildman–Crippen MR) is 93.8 cm³/mol. The number of para-hydroxylation sites is 1. The van der Waals surface area contributed by atoms with Gasteiger partial charge in [0.05, 0.1) is 24.6 Å². The Hall–Kier alpha value is -3.34. The third-order valence-electron chi connectivity index (χ3n) is 3.50. The second kappa shape index (κ2) is 7.28. The molecule has 5 nitrogen and oxygen atoms in total. The fourth-order valence-corrected chi connectivity index (χ4v) is 2.33. The Bertz CT molecular complexity index is 855. The molecule has 1 amide bonds. The van der Waals surface area contributed by atoms with Crippen LogP contribution in [-0.2, 0) is 0 Å². The maximum absolute atomic E-state index is 12.4. The number of methoxy groups -OCH3 is 1. The number of benzene rings is 2. The number of carbonyl (C=O) groups excluding carboxylic acids is 1. The molecule has 0 aliphatic carbocycles. The van der Waals surface area contributed by atoms with Crippen molar-refractivity contribution in [1.82, 2.24) is 9.99 Å². The van der Waals surface area contributed by atoms with E-state index in [2.05, 4.69) is 10.5 Å². The van der Waals surface area contributed by atoms with Gasteiger partial charge in [0.2, 0.25) is 0 Å². The van der Waals surface area contributed by atoms with Crippen molar-refractivity contribution in [3.8, 4) is 11.4 Å². The SMILES string of the molecule is COc1cccc(/C=N\NC(=O)c2ccccc2-n2cccc2)c1. The number of aromatic nitrogens is 1. The van der Waals surface area contributed by atoms with Gasteiger partial charge in [-0.1, -0.05) is 24.3 Å². The summed E-state index contributed by atoms with van der Waals surface area (Å²) in [5.74, 6) is 0.474. The average Bonchev–Trinajstić information content (AvgIpc) is 3.16. The molecule has 0 bridgehead atoms. The maximum atomic E-state index is 12.4. The molecule has 120 valence electrons. The van der Waals surface area contributed by atoms with Gasteiger partial charge >= 0.3 is 0 Å². The summed E-state index contributed by atoms with van der Waals surface area (Å²) < 4.78 is 7.05. The van der Waals surface area contributed by atoms with Crippen molar-refractivity contribution in [1.29, 1.82) is 0 Å². The van der Waals surface area contributed by atoms with Crippen LogP contribution in [0.3, 0.4) is 0 Å². The van der Waals surface area contributed by atoms with E-state index in [0.29, 0.717) is 5.56 Å². The van der Waals surface area contributed by atoms with Crippen molar-refractivity contribution < 1.29 is 9.53 Å². The van der Waals surface area contributed by atoms with Crippen LogP contribution in [0.15, 0.2) is 78.2 Å². The molecule has 3 rings (SSSR count). The molecule has 1 heterocycles. The second-order valence-electron chi connectivity index (χ2n) is 5.08. The van der Waals surface area contributed by atoms with Crippen LogP contribution in [0.5, 0.6) is 5.75 Å². The summed E-state index contributed by atoms with van der Waals surface area (Å²) in [6, 6.07) is 18.6. The zero-order valence-corrected chi connectivity index (χ0v) is 13.2. The first-order chi connectivity index (χ1) is 11.8. The maximum Gasteiger partial charge on any atom is 0.273 e. The first-order valence-electron chi connectivity index (χ1n) is 7.48. The Balaban J connectivity index is 1.75. The number of hydrazone groups is 1. The molecule has 24 heavy (non-hydrogen) atoms. The molecule has 0 unspecified atom stereocenters. The van der Waals surface area contributed by atoms with Crippen LogP contribution < -0.4 is 10.2 Å². The summed E-state index contributed by atoms with van der Waals surface area (Å²) in [7, 11) is 1.61. The molecule has 1 aromatic heterocycles. The lowest BCUT2D eigenvalue weighted by molar-refractivity contribution is 0.0955. The number of ether oxygens (including phenoxy) is 1. The van der Waals surface area contributed by atoms with Crippen molar-refractivity contribution in [2.75, 3.05) is 7.11 Å². The molecule has 0 saturated heterocycles. The minimum atomic E-state index is -0.265. The van der Waals surface area contributed by atoms with Gasteiger partial charge in [0.15, 0.2) is 0 Å². The molecule has 0 aliphatic heterocycles. The highest BCUT2D eigenvalue weighted by atomic mass is 16.5. The number of nitrogens with zero attached hydrogens (tertiary/aromatic N) is 2. The number of hydrogen-bond donors (Lipinski definition) is 1. The number of rotatable bonds is 5. The summed E-state index contributed by atoms with van der Waals surface area (Å²) in [6.07, 6.45) is 5.37. The zero-order chi connectivity index (χ0) is 16.8. The number of hydrogen-bond acceptors (Lipinski definition) is 3.